The normalized spacial score (nSPS) is 25.6. The first-order valence-corrected chi connectivity index (χ1v) is 8.86. The number of piperidine rings is 1. The topological polar surface area (TPSA) is 79.6 Å². The second-order valence-electron chi connectivity index (χ2n) is 5.22. The first-order chi connectivity index (χ1) is 9.65. The van der Waals surface area contributed by atoms with Crippen LogP contribution < -0.4 is 0 Å². The van der Waals surface area contributed by atoms with E-state index in [1.807, 2.05) is 6.07 Å². The molecule has 2 aliphatic heterocycles. The van der Waals surface area contributed by atoms with E-state index in [1.165, 1.54) is 0 Å². The van der Waals surface area contributed by atoms with Gasteiger partial charge in [-0.25, -0.2) is 8.42 Å². The zero-order valence-corrected chi connectivity index (χ0v) is 12.5. The van der Waals surface area contributed by atoms with Crippen molar-refractivity contribution in [1.29, 1.82) is 5.26 Å². The molecule has 0 aromatic carbocycles. The molecule has 7 heteroatoms. The number of unbranched alkanes of at least 4 members (excludes halogenated alkanes) is 2. The highest BCUT2D eigenvalue weighted by molar-refractivity contribution is 7.89. The molecule has 0 aromatic rings. The molecule has 0 bridgehead atoms. The van der Waals surface area contributed by atoms with Gasteiger partial charge in [0, 0.05) is 13.0 Å². The van der Waals surface area contributed by atoms with Crippen LogP contribution in [0.5, 0.6) is 0 Å². The lowest BCUT2D eigenvalue weighted by Crippen LogP contribution is -2.50. The number of sulfonamides is 1. The fraction of sp³-hybridized carbons (Fsp3) is 0.923. The van der Waals surface area contributed by atoms with Crippen molar-refractivity contribution in [3.05, 3.63) is 0 Å². The van der Waals surface area contributed by atoms with Crippen LogP contribution in [-0.4, -0.2) is 50.6 Å². The van der Waals surface area contributed by atoms with Gasteiger partial charge in [0.25, 0.3) is 0 Å². The summed E-state index contributed by atoms with van der Waals surface area (Å²) in [5, 5.41) is 8.49. The maximum absolute atomic E-state index is 12.4. The van der Waals surface area contributed by atoms with E-state index in [0.29, 0.717) is 39.0 Å². The van der Waals surface area contributed by atoms with E-state index in [9.17, 15) is 8.42 Å². The van der Waals surface area contributed by atoms with Crippen LogP contribution in [-0.2, 0) is 19.5 Å². The first-order valence-electron chi connectivity index (χ1n) is 7.25. The molecule has 1 atom stereocenters. The molecule has 0 aromatic heterocycles. The van der Waals surface area contributed by atoms with Gasteiger partial charge < -0.3 is 9.47 Å². The van der Waals surface area contributed by atoms with Crippen molar-refractivity contribution in [2.24, 2.45) is 0 Å². The summed E-state index contributed by atoms with van der Waals surface area (Å²) >= 11 is 0. The summed E-state index contributed by atoms with van der Waals surface area (Å²) in [6, 6.07) is 1.85. The van der Waals surface area contributed by atoms with E-state index in [1.54, 1.807) is 4.31 Å². The zero-order valence-electron chi connectivity index (χ0n) is 11.7. The summed E-state index contributed by atoms with van der Waals surface area (Å²) in [7, 11) is -3.29. The Labute approximate surface area is 120 Å². The minimum atomic E-state index is -3.29. The number of hydrogen-bond acceptors (Lipinski definition) is 5. The second-order valence-corrected chi connectivity index (χ2v) is 7.26. The van der Waals surface area contributed by atoms with Crippen molar-refractivity contribution in [2.75, 3.05) is 25.5 Å². The third-order valence-electron chi connectivity index (χ3n) is 3.76. The van der Waals surface area contributed by atoms with Gasteiger partial charge in [-0.3, -0.25) is 0 Å². The lowest BCUT2D eigenvalue weighted by molar-refractivity contribution is -0.0913. The van der Waals surface area contributed by atoms with Crippen molar-refractivity contribution in [1.82, 2.24) is 4.31 Å². The van der Waals surface area contributed by atoms with E-state index in [0.717, 1.165) is 19.3 Å². The Hall–Kier alpha value is -0.680. The smallest absolute Gasteiger partial charge is 0.214 e. The van der Waals surface area contributed by atoms with Gasteiger partial charge >= 0.3 is 0 Å². The highest BCUT2D eigenvalue weighted by Crippen LogP contribution is 2.27. The zero-order chi connectivity index (χ0) is 14.4. The Morgan fingerprint density at radius 1 is 1.20 bits per heavy atom. The Balaban J connectivity index is 1.97. The summed E-state index contributed by atoms with van der Waals surface area (Å²) in [4.78, 5) is 0. The molecule has 2 aliphatic rings. The Morgan fingerprint density at radius 2 is 1.95 bits per heavy atom. The minimum absolute atomic E-state index is 0.109. The van der Waals surface area contributed by atoms with Gasteiger partial charge in [-0.05, 0) is 25.7 Å². The summed E-state index contributed by atoms with van der Waals surface area (Å²) in [5.74, 6) is 0.109. The third-order valence-corrected chi connectivity index (χ3v) is 5.73. The van der Waals surface area contributed by atoms with Crippen LogP contribution >= 0.6 is 0 Å². The number of rotatable bonds is 6. The number of hydrogen-bond donors (Lipinski definition) is 0. The van der Waals surface area contributed by atoms with Crippen molar-refractivity contribution in [2.45, 2.75) is 50.9 Å². The lowest BCUT2D eigenvalue weighted by Gasteiger charge is -2.36. The summed E-state index contributed by atoms with van der Waals surface area (Å²) in [6.45, 7) is 1.63. The van der Waals surface area contributed by atoms with Gasteiger partial charge in [-0.2, -0.15) is 9.57 Å². The van der Waals surface area contributed by atoms with Crippen molar-refractivity contribution < 1.29 is 17.9 Å². The summed E-state index contributed by atoms with van der Waals surface area (Å²) < 4.78 is 37.4. The summed E-state index contributed by atoms with van der Waals surface area (Å²) in [6.07, 6.45) is 3.85. The molecule has 0 N–H and O–H groups in total. The van der Waals surface area contributed by atoms with Crippen LogP contribution in [0.4, 0.5) is 0 Å². The molecule has 114 valence electrons. The molecule has 0 saturated carbocycles. The summed E-state index contributed by atoms with van der Waals surface area (Å²) in [5.41, 5.74) is 0. The molecular formula is C13H22N2O4S. The molecular weight excluding hydrogens is 280 g/mol. The molecule has 2 saturated heterocycles. The van der Waals surface area contributed by atoms with Crippen molar-refractivity contribution in [3.8, 4) is 6.07 Å². The first kappa shape index (κ1) is 15.7. The maximum Gasteiger partial charge on any atom is 0.214 e. The minimum Gasteiger partial charge on any atom is -0.349 e. The van der Waals surface area contributed by atoms with Crippen LogP contribution in [0.1, 0.15) is 38.5 Å². The molecule has 1 unspecified atom stereocenters. The van der Waals surface area contributed by atoms with E-state index >= 15 is 0 Å². The largest absolute Gasteiger partial charge is 0.349 e. The van der Waals surface area contributed by atoms with Gasteiger partial charge in [0.1, 0.15) is 0 Å². The van der Waals surface area contributed by atoms with Gasteiger partial charge in [-0.1, -0.05) is 6.42 Å². The molecule has 2 rings (SSSR count). The average Bonchev–Trinajstić information content (AvgIpc) is 2.98. The highest BCUT2D eigenvalue weighted by Gasteiger charge is 2.39. The van der Waals surface area contributed by atoms with E-state index in [2.05, 4.69) is 0 Å². The van der Waals surface area contributed by atoms with Crippen LogP contribution in [0.25, 0.3) is 0 Å². The standard InChI is InChI=1S/C13H22N2O4S/c14-7-3-1-5-11-20(16,17)15-8-4-2-6-12(15)13-18-9-10-19-13/h12-13H,1-6,8-11H2. The van der Waals surface area contributed by atoms with Crippen LogP contribution in [0.15, 0.2) is 0 Å². The van der Waals surface area contributed by atoms with Gasteiger partial charge in [-0.15, -0.1) is 0 Å². The molecule has 2 heterocycles. The number of nitrogens with zero attached hydrogens (tertiary/aromatic N) is 2. The quantitative estimate of drug-likeness (QED) is 0.690. The average molecular weight is 302 g/mol. The van der Waals surface area contributed by atoms with Gasteiger partial charge in [0.15, 0.2) is 6.29 Å². The van der Waals surface area contributed by atoms with Crippen LogP contribution in [0, 0.1) is 11.3 Å². The number of ether oxygens (including phenoxy) is 2. The fourth-order valence-corrected chi connectivity index (χ4v) is 4.58. The Morgan fingerprint density at radius 3 is 2.65 bits per heavy atom. The predicted octanol–water partition coefficient (Wildman–Crippen LogP) is 1.24. The SMILES string of the molecule is N#CCCCCS(=O)(=O)N1CCCCC1C1OCCO1. The monoisotopic (exact) mass is 302 g/mol. The Kier molecular flexibility index (Phi) is 5.78. The molecule has 0 amide bonds. The van der Waals surface area contributed by atoms with E-state index in [4.69, 9.17) is 14.7 Å². The molecule has 0 spiro atoms. The fourth-order valence-electron chi connectivity index (χ4n) is 2.75. The lowest BCUT2D eigenvalue weighted by atomic mass is 10.0. The van der Waals surface area contributed by atoms with E-state index in [-0.39, 0.29) is 11.8 Å². The van der Waals surface area contributed by atoms with E-state index < -0.39 is 16.3 Å². The van der Waals surface area contributed by atoms with Gasteiger partial charge in [0.05, 0.1) is 31.1 Å². The van der Waals surface area contributed by atoms with Crippen LogP contribution in [0.2, 0.25) is 0 Å². The number of nitriles is 1. The third kappa shape index (κ3) is 3.92. The highest BCUT2D eigenvalue weighted by atomic mass is 32.2. The Bertz CT molecular complexity index is 440. The molecule has 0 radical (unpaired) electrons. The molecule has 6 nitrogen and oxygen atoms in total. The predicted molar refractivity (Wildman–Crippen MR) is 73.3 cm³/mol. The molecule has 2 fully saturated rings. The van der Waals surface area contributed by atoms with Crippen LogP contribution in [0.3, 0.4) is 0 Å². The molecule has 0 aliphatic carbocycles. The second kappa shape index (κ2) is 7.36. The van der Waals surface area contributed by atoms with Gasteiger partial charge in [0.2, 0.25) is 10.0 Å². The maximum atomic E-state index is 12.4. The molecule has 20 heavy (non-hydrogen) atoms. The van der Waals surface area contributed by atoms with Crippen molar-refractivity contribution >= 4 is 10.0 Å². The van der Waals surface area contributed by atoms with Crippen molar-refractivity contribution in [3.63, 3.8) is 0 Å².